The molecule has 0 aliphatic rings. The van der Waals surface area contributed by atoms with Gasteiger partial charge in [-0.2, -0.15) is 0 Å². The third-order valence-corrected chi connectivity index (χ3v) is 2.44. The lowest BCUT2D eigenvalue weighted by Gasteiger charge is -2.11. The molecule has 0 saturated heterocycles. The summed E-state index contributed by atoms with van der Waals surface area (Å²) in [6.45, 7) is 0. The Morgan fingerprint density at radius 3 is 2.65 bits per heavy atom. The second kappa shape index (κ2) is 5.74. The molecule has 0 aliphatic heterocycles. The van der Waals surface area contributed by atoms with E-state index in [1.54, 1.807) is 6.07 Å². The smallest absolute Gasteiger partial charge is 0.241 e. The molecule has 7 heteroatoms. The highest BCUT2D eigenvalue weighted by molar-refractivity contribution is 9.10. The summed E-state index contributed by atoms with van der Waals surface area (Å²) in [6.07, 6.45) is -0.288. The quantitative estimate of drug-likeness (QED) is 0.764. The average Bonchev–Trinajstić information content (AvgIpc) is 2.21. The number of rotatable bonds is 4. The molecule has 0 fully saturated rings. The van der Waals surface area contributed by atoms with Gasteiger partial charge in [-0.3, -0.25) is 9.59 Å². The van der Waals surface area contributed by atoms with E-state index in [4.69, 9.17) is 11.5 Å². The van der Waals surface area contributed by atoms with E-state index in [1.807, 2.05) is 0 Å². The zero-order chi connectivity index (χ0) is 13.0. The maximum absolute atomic E-state index is 13.4. The number of carbonyl (C=O) groups excluding carboxylic acids is 2. The van der Waals surface area contributed by atoms with E-state index in [2.05, 4.69) is 21.2 Å². The third kappa shape index (κ3) is 4.12. The van der Waals surface area contributed by atoms with Crippen LogP contribution in [0.5, 0.6) is 0 Å². The predicted molar refractivity (Wildman–Crippen MR) is 64.5 cm³/mol. The summed E-state index contributed by atoms with van der Waals surface area (Å²) >= 11 is 3.09. The van der Waals surface area contributed by atoms with E-state index >= 15 is 0 Å². The Balaban J connectivity index is 2.71. The standard InChI is InChI=1S/C10H11BrFN3O2/c11-5-1-2-8(6(12)3-5)15-10(17)7(13)4-9(14)16/h1-3,7H,4,13H2,(H2,14,16)(H,15,17). The lowest BCUT2D eigenvalue weighted by Crippen LogP contribution is -2.39. The zero-order valence-corrected chi connectivity index (χ0v) is 10.3. The Hall–Kier alpha value is -1.47. The van der Waals surface area contributed by atoms with Crippen molar-refractivity contribution >= 4 is 33.4 Å². The molecule has 92 valence electrons. The van der Waals surface area contributed by atoms with Crippen LogP contribution in [-0.2, 0) is 9.59 Å². The Bertz CT molecular complexity index is 453. The number of hydrogen-bond acceptors (Lipinski definition) is 3. The lowest BCUT2D eigenvalue weighted by molar-refractivity contribution is -0.123. The summed E-state index contributed by atoms with van der Waals surface area (Å²) in [7, 11) is 0. The topological polar surface area (TPSA) is 98.2 Å². The normalized spacial score (nSPS) is 11.9. The Labute approximate surface area is 105 Å². The summed E-state index contributed by atoms with van der Waals surface area (Å²) in [5.41, 5.74) is 10.3. The molecule has 0 aromatic heterocycles. The third-order valence-electron chi connectivity index (χ3n) is 1.95. The second-order valence-electron chi connectivity index (χ2n) is 3.39. The fourth-order valence-electron chi connectivity index (χ4n) is 1.13. The van der Waals surface area contributed by atoms with Gasteiger partial charge in [-0.05, 0) is 18.2 Å². The first kappa shape index (κ1) is 13.6. The number of nitrogens with two attached hydrogens (primary N) is 2. The fraction of sp³-hybridized carbons (Fsp3) is 0.200. The molecule has 0 bridgehead atoms. The highest BCUT2D eigenvalue weighted by Gasteiger charge is 2.17. The van der Waals surface area contributed by atoms with Crippen LogP contribution in [0.25, 0.3) is 0 Å². The van der Waals surface area contributed by atoms with Crippen LogP contribution in [0.15, 0.2) is 22.7 Å². The number of benzene rings is 1. The minimum atomic E-state index is -1.09. The van der Waals surface area contributed by atoms with Gasteiger partial charge in [0.25, 0.3) is 0 Å². The van der Waals surface area contributed by atoms with E-state index in [0.717, 1.165) is 0 Å². The zero-order valence-electron chi connectivity index (χ0n) is 8.74. The van der Waals surface area contributed by atoms with Crippen molar-refractivity contribution in [3.05, 3.63) is 28.5 Å². The maximum atomic E-state index is 13.4. The van der Waals surface area contributed by atoms with Crippen LogP contribution >= 0.6 is 15.9 Å². The van der Waals surface area contributed by atoms with Crippen molar-refractivity contribution in [3.8, 4) is 0 Å². The van der Waals surface area contributed by atoms with Crippen molar-refractivity contribution in [1.82, 2.24) is 0 Å². The average molecular weight is 304 g/mol. The van der Waals surface area contributed by atoms with Gasteiger partial charge < -0.3 is 16.8 Å². The highest BCUT2D eigenvalue weighted by atomic mass is 79.9. The number of halogens is 2. The Morgan fingerprint density at radius 2 is 2.12 bits per heavy atom. The minimum Gasteiger partial charge on any atom is -0.370 e. The first-order valence-electron chi connectivity index (χ1n) is 4.70. The van der Waals surface area contributed by atoms with Gasteiger partial charge >= 0.3 is 0 Å². The maximum Gasteiger partial charge on any atom is 0.241 e. The Kier molecular flexibility index (Phi) is 4.59. The molecule has 1 aromatic carbocycles. The van der Waals surface area contributed by atoms with E-state index in [0.29, 0.717) is 4.47 Å². The van der Waals surface area contributed by atoms with Crippen LogP contribution in [0.4, 0.5) is 10.1 Å². The van der Waals surface area contributed by atoms with Crippen LogP contribution < -0.4 is 16.8 Å². The molecule has 1 unspecified atom stereocenters. The molecule has 0 saturated carbocycles. The van der Waals surface area contributed by atoms with Crippen LogP contribution in [0.2, 0.25) is 0 Å². The van der Waals surface area contributed by atoms with Crippen molar-refractivity contribution in [3.63, 3.8) is 0 Å². The van der Waals surface area contributed by atoms with Gasteiger partial charge in [-0.15, -0.1) is 0 Å². The predicted octanol–water partition coefficient (Wildman–Crippen LogP) is 0.729. The van der Waals surface area contributed by atoms with Crippen molar-refractivity contribution in [1.29, 1.82) is 0 Å². The number of primary amides is 1. The van der Waals surface area contributed by atoms with E-state index < -0.39 is 23.7 Å². The van der Waals surface area contributed by atoms with Crippen molar-refractivity contribution in [2.24, 2.45) is 11.5 Å². The first-order valence-corrected chi connectivity index (χ1v) is 5.49. The molecule has 1 aromatic rings. The molecule has 5 nitrogen and oxygen atoms in total. The minimum absolute atomic E-state index is 0.00174. The van der Waals surface area contributed by atoms with E-state index in [9.17, 15) is 14.0 Å². The Morgan fingerprint density at radius 1 is 1.47 bits per heavy atom. The van der Waals surface area contributed by atoms with Gasteiger partial charge in [0.15, 0.2) is 0 Å². The van der Waals surface area contributed by atoms with E-state index in [-0.39, 0.29) is 12.1 Å². The largest absolute Gasteiger partial charge is 0.370 e. The number of hydrogen-bond donors (Lipinski definition) is 3. The molecule has 0 spiro atoms. The summed E-state index contributed by atoms with van der Waals surface area (Å²) < 4.78 is 13.9. The summed E-state index contributed by atoms with van der Waals surface area (Å²) in [4.78, 5) is 22.0. The monoisotopic (exact) mass is 303 g/mol. The van der Waals surface area contributed by atoms with Crippen molar-refractivity contribution in [2.45, 2.75) is 12.5 Å². The molecule has 0 radical (unpaired) electrons. The number of nitrogens with one attached hydrogen (secondary N) is 1. The molecule has 0 aliphatic carbocycles. The van der Waals surface area contributed by atoms with Crippen molar-refractivity contribution < 1.29 is 14.0 Å². The first-order chi connectivity index (χ1) is 7.90. The van der Waals surface area contributed by atoms with Gasteiger partial charge in [-0.1, -0.05) is 15.9 Å². The molecule has 1 atom stereocenters. The second-order valence-corrected chi connectivity index (χ2v) is 4.31. The number of amides is 2. The van der Waals surface area contributed by atoms with Gasteiger partial charge in [0.2, 0.25) is 11.8 Å². The fourth-order valence-corrected chi connectivity index (χ4v) is 1.46. The van der Waals surface area contributed by atoms with Gasteiger partial charge in [-0.25, -0.2) is 4.39 Å². The summed E-state index contributed by atoms with van der Waals surface area (Å²) in [5.74, 6) is -1.95. The summed E-state index contributed by atoms with van der Waals surface area (Å²) in [5, 5.41) is 2.28. The van der Waals surface area contributed by atoms with Crippen LogP contribution in [-0.4, -0.2) is 17.9 Å². The molecule has 0 heterocycles. The molecule has 5 N–H and O–H groups in total. The highest BCUT2D eigenvalue weighted by Crippen LogP contribution is 2.19. The number of anilines is 1. The van der Waals surface area contributed by atoms with Gasteiger partial charge in [0.1, 0.15) is 5.82 Å². The van der Waals surface area contributed by atoms with Crippen LogP contribution in [0.1, 0.15) is 6.42 Å². The van der Waals surface area contributed by atoms with Crippen molar-refractivity contribution in [2.75, 3.05) is 5.32 Å². The SMILES string of the molecule is NC(=O)CC(N)C(=O)Nc1ccc(Br)cc1F. The molecular formula is C10H11BrFN3O2. The van der Waals surface area contributed by atoms with Gasteiger partial charge in [0, 0.05) is 4.47 Å². The lowest BCUT2D eigenvalue weighted by atomic mass is 10.2. The number of carbonyl (C=O) groups is 2. The van der Waals surface area contributed by atoms with Crippen LogP contribution in [0.3, 0.4) is 0 Å². The molecule has 17 heavy (non-hydrogen) atoms. The van der Waals surface area contributed by atoms with Crippen LogP contribution in [0, 0.1) is 5.82 Å². The molecular weight excluding hydrogens is 293 g/mol. The van der Waals surface area contributed by atoms with Gasteiger partial charge in [0.05, 0.1) is 18.2 Å². The van der Waals surface area contributed by atoms with E-state index in [1.165, 1.54) is 12.1 Å². The summed E-state index contributed by atoms with van der Waals surface area (Å²) in [6, 6.07) is 3.07. The molecule has 2 amide bonds. The molecule has 1 rings (SSSR count).